The van der Waals surface area contributed by atoms with E-state index in [0.717, 1.165) is 5.56 Å². The van der Waals surface area contributed by atoms with E-state index in [4.69, 9.17) is 15.2 Å². The molecule has 0 aliphatic heterocycles. The molecule has 2 rings (SSSR count). The van der Waals surface area contributed by atoms with Crippen molar-refractivity contribution in [2.75, 3.05) is 24.4 Å². The molecule has 3 amide bonds. The summed E-state index contributed by atoms with van der Waals surface area (Å²) in [6.45, 7) is 1.76. The summed E-state index contributed by atoms with van der Waals surface area (Å²) in [5.41, 5.74) is 7.13. The molecule has 0 aliphatic carbocycles. The van der Waals surface area contributed by atoms with Crippen LogP contribution in [0.25, 0.3) is 6.08 Å². The highest BCUT2D eigenvalue weighted by molar-refractivity contribution is 5.92. The molecule has 0 saturated heterocycles. The van der Waals surface area contributed by atoms with Crippen molar-refractivity contribution in [2.45, 2.75) is 6.92 Å². The van der Waals surface area contributed by atoms with Gasteiger partial charge >= 0.3 is 6.03 Å². The van der Waals surface area contributed by atoms with Crippen LogP contribution in [0.3, 0.4) is 0 Å². The zero-order valence-electron chi connectivity index (χ0n) is 14.6. The molecule has 26 heavy (non-hydrogen) atoms. The van der Waals surface area contributed by atoms with Crippen molar-refractivity contribution in [3.8, 4) is 11.5 Å². The number of primary amides is 1. The molecule has 0 aliphatic rings. The molecule has 7 heteroatoms. The molecule has 0 fully saturated rings. The first-order valence-electron chi connectivity index (χ1n) is 7.91. The molecule has 2 aromatic rings. The number of urea groups is 1. The largest absolute Gasteiger partial charge is 0.493 e. The predicted molar refractivity (Wildman–Crippen MR) is 101 cm³/mol. The molecular weight excluding hydrogens is 334 g/mol. The zero-order chi connectivity index (χ0) is 18.9. The maximum atomic E-state index is 12.0. The Morgan fingerprint density at radius 3 is 2.27 bits per heavy atom. The molecule has 0 bridgehead atoms. The number of anilines is 2. The first kappa shape index (κ1) is 18.9. The highest BCUT2D eigenvalue weighted by atomic mass is 16.5. The average molecular weight is 355 g/mol. The number of benzene rings is 2. The molecule has 2 aromatic carbocycles. The molecule has 0 heterocycles. The summed E-state index contributed by atoms with van der Waals surface area (Å²) in [6.07, 6.45) is 3.86. The van der Waals surface area contributed by atoms with Gasteiger partial charge in [-0.25, -0.2) is 4.79 Å². The number of amides is 3. The van der Waals surface area contributed by atoms with Crippen LogP contribution in [-0.4, -0.2) is 25.7 Å². The van der Waals surface area contributed by atoms with Crippen molar-refractivity contribution >= 4 is 29.4 Å². The van der Waals surface area contributed by atoms with E-state index < -0.39 is 6.03 Å². The lowest BCUT2D eigenvalue weighted by Gasteiger charge is -2.12. The van der Waals surface area contributed by atoms with E-state index >= 15 is 0 Å². The first-order valence-corrected chi connectivity index (χ1v) is 7.91. The van der Waals surface area contributed by atoms with Crippen molar-refractivity contribution in [1.82, 2.24) is 0 Å². The molecule has 7 nitrogen and oxygen atoms in total. The number of carbonyl (C=O) groups excluding carboxylic acids is 2. The molecular formula is C19H21N3O4. The third-order valence-electron chi connectivity index (χ3n) is 3.34. The number of ether oxygens (including phenoxy) is 2. The van der Waals surface area contributed by atoms with Gasteiger partial charge in [0.15, 0.2) is 18.1 Å². The summed E-state index contributed by atoms with van der Waals surface area (Å²) >= 11 is 0. The fourth-order valence-corrected chi connectivity index (χ4v) is 2.22. The van der Waals surface area contributed by atoms with E-state index in [2.05, 4.69) is 10.6 Å². The Kier molecular flexibility index (Phi) is 6.61. The van der Waals surface area contributed by atoms with Gasteiger partial charge in [-0.1, -0.05) is 18.2 Å². The number of rotatable bonds is 7. The SMILES string of the molecule is C/C=C/c1ccc(OCC(=O)Nc2ccc(NC(N)=O)cc2)c(OC)c1. The predicted octanol–water partition coefficient (Wildman–Crippen LogP) is 3.24. The van der Waals surface area contributed by atoms with Crippen LogP contribution in [0.4, 0.5) is 16.2 Å². The van der Waals surface area contributed by atoms with Crippen LogP contribution in [0.15, 0.2) is 48.5 Å². The number of methoxy groups -OCH3 is 1. The summed E-state index contributed by atoms with van der Waals surface area (Å²) in [5.74, 6) is 0.715. The van der Waals surface area contributed by atoms with Crippen molar-refractivity contribution in [3.05, 3.63) is 54.1 Å². The fourth-order valence-electron chi connectivity index (χ4n) is 2.22. The average Bonchev–Trinajstić information content (AvgIpc) is 2.62. The number of hydrogen-bond acceptors (Lipinski definition) is 4. The van der Waals surface area contributed by atoms with Crippen molar-refractivity contribution in [1.29, 1.82) is 0 Å². The minimum Gasteiger partial charge on any atom is -0.493 e. The lowest BCUT2D eigenvalue weighted by Crippen LogP contribution is -2.21. The normalized spacial score (nSPS) is 10.4. The molecule has 4 N–H and O–H groups in total. The van der Waals surface area contributed by atoms with Gasteiger partial charge in [0.05, 0.1) is 7.11 Å². The van der Waals surface area contributed by atoms with Crippen LogP contribution < -0.4 is 25.8 Å². The van der Waals surface area contributed by atoms with Gasteiger partial charge in [-0.2, -0.15) is 0 Å². The minimum atomic E-state index is -0.649. The van der Waals surface area contributed by atoms with Crippen LogP contribution in [0.5, 0.6) is 11.5 Å². The van der Waals surface area contributed by atoms with Gasteiger partial charge in [-0.3, -0.25) is 4.79 Å². The number of carbonyl (C=O) groups is 2. The summed E-state index contributed by atoms with van der Waals surface area (Å²) in [5, 5.41) is 5.14. The third-order valence-corrected chi connectivity index (χ3v) is 3.34. The molecule has 0 saturated carbocycles. The van der Waals surface area contributed by atoms with Crippen LogP contribution in [-0.2, 0) is 4.79 Å². The minimum absolute atomic E-state index is 0.166. The third kappa shape index (κ3) is 5.55. The number of nitrogens with one attached hydrogen (secondary N) is 2. The van der Waals surface area contributed by atoms with Crippen LogP contribution in [0, 0.1) is 0 Å². The number of allylic oxidation sites excluding steroid dienone is 1. The lowest BCUT2D eigenvalue weighted by molar-refractivity contribution is -0.118. The Morgan fingerprint density at radius 2 is 1.69 bits per heavy atom. The second-order valence-corrected chi connectivity index (χ2v) is 5.31. The van der Waals surface area contributed by atoms with Crippen LogP contribution >= 0.6 is 0 Å². The van der Waals surface area contributed by atoms with Crippen molar-refractivity contribution < 1.29 is 19.1 Å². The Hall–Kier alpha value is -3.48. The Labute approximate surface area is 151 Å². The van der Waals surface area contributed by atoms with Gasteiger partial charge in [-0.05, 0) is 48.9 Å². The Morgan fingerprint density at radius 1 is 1.04 bits per heavy atom. The van der Waals surface area contributed by atoms with Gasteiger partial charge in [0.2, 0.25) is 0 Å². The van der Waals surface area contributed by atoms with Gasteiger partial charge < -0.3 is 25.8 Å². The Bertz CT molecular complexity index is 801. The van der Waals surface area contributed by atoms with E-state index in [0.29, 0.717) is 22.9 Å². The quantitative estimate of drug-likeness (QED) is 0.709. The first-order chi connectivity index (χ1) is 12.5. The summed E-state index contributed by atoms with van der Waals surface area (Å²) in [4.78, 5) is 22.8. The van der Waals surface area contributed by atoms with Crippen molar-refractivity contribution in [2.24, 2.45) is 5.73 Å². The van der Waals surface area contributed by atoms with Gasteiger partial charge in [-0.15, -0.1) is 0 Å². The maximum absolute atomic E-state index is 12.0. The molecule has 0 atom stereocenters. The second kappa shape index (κ2) is 9.12. The second-order valence-electron chi connectivity index (χ2n) is 5.31. The highest BCUT2D eigenvalue weighted by Gasteiger charge is 2.09. The molecule has 0 unspecified atom stereocenters. The highest BCUT2D eigenvalue weighted by Crippen LogP contribution is 2.28. The van der Waals surface area contributed by atoms with E-state index in [1.807, 2.05) is 31.2 Å². The molecule has 0 aromatic heterocycles. The molecule has 136 valence electrons. The topological polar surface area (TPSA) is 103 Å². The van der Waals surface area contributed by atoms with E-state index in [-0.39, 0.29) is 12.5 Å². The van der Waals surface area contributed by atoms with Crippen LogP contribution in [0.2, 0.25) is 0 Å². The smallest absolute Gasteiger partial charge is 0.316 e. The van der Waals surface area contributed by atoms with E-state index in [1.165, 1.54) is 0 Å². The fraction of sp³-hybridized carbons (Fsp3) is 0.158. The monoisotopic (exact) mass is 355 g/mol. The summed E-state index contributed by atoms with van der Waals surface area (Å²) in [6, 6.07) is 11.4. The van der Waals surface area contributed by atoms with Crippen molar-refractivity contribution in [3.63, 3.8) is 0 Å². The maximum Gasteiger partial charge on any atom is 0.316 e. The number of nitrogens with two attached hydrogens (primary N) is 1. The standard InChI is InChI=1S/C19H21N3O4/c1-3-4-13-5-10-16(17(11-13)25-2)26-12-18(23)21-14-6-8-15(9-7-14)22-19(20)24/h3-11H,12H2,1-2H3,(H,21,23)(H3,20,22,24)/b4-3+. The zero-order valence-corrected chi connectivity index (χ0v) is 14.6. The van der Waals surface area contributed by atoms with E-state index in [9.17, 15) is 9.59 Å². The molecule has 0 radical (unpaired) electrons. The van der Waals surface area contributed by atoms with Gasteiger partial charge in [0, 0.05) is 11.4 Å². The Balaban J connectivity index is 1.93. The number of hydrogen-bond donors (Lipinski definition) is 3. The molecule has 0 spiro atoms. The van der Waals surface area contributed by atoms with Crippen LogP contribution in [0.1, 0.15) is 12.5 Å². The van der Waals surface area contributed by atoms with E-state index in [1.54, 1.807) is 37.4 Å². The lowest BCUT2D eigenvalue weighted by atomic mass is 10.2. The van der Waals surface area contributed by atoms with Gasteiger partial charge in [0.1, 0.15) is 0 Å². The summed E-state index contributed by atoms with van der Waals surface area (Å²) in [7, 11) is 1.55. The summed E-state index contributed by atoms with van der Waals surface area (Å²) < 4.78 is 10.8. The van der Waals surface area contributed by atoms with Gasteiger partial charge in [0.25, 0.3) is 5.91 Å².